The lowest BCUT2D eigenvalue weighted by atomic mass is 9.66. The summed E-state index contributed by atoms with van der Waals surface area (Å²) in [5.41, 5.74) is 9.47. The number of aryl methyl sites for hydroxylation is 1. The number of aromatic hydroxyl groups is 2. The first-order valence-corrected chi connectivity index (χ1v) is 10.3. The average molecular weight is 392 g/mol. The van der Waals surface area contributed by atoms with Crippen LogP contribution >= 0.6 is 0 Å². The number of fused-ring (bicyclic) bond motifs is 3. The van der Waals surface area contributed by atoms with Crippen LogP contribution in [-0.4, -0.2) is 10.2 Å². The fraction of sp³-hybridized carbons (Fsp3) is 0.143. The second-order valence-corrected chi connectivity index (χ2v) is 8.22. The largest absolute Gasteiger partial charge is 0.508 e. The Labute approximate surface area is 177 Å². The molecule has 4 aromatic carbocycles. The van der Waals surface area contributed by atoms with Gasteiger partial charge in [-0.2, -0.15) is 0 Å². The molecule has 0 unspecified atom stereocenters. The van der Waals surface area contributed by atoms with E-state index in [1.54, 1.807) is 12.1 Å². The van der Waals surface area contributed by atoms with Crippen LogP contribution in [0.2, 0.25) is 0 Å². The summed E-state index contributed by atoms with van der Waals surface area (Å²) in [4.78, 5) is 0. The number of hydrogen-bond donors (Lipinski definition) is 2. The van der Waals surface area contributed by atoms with Crippen LogP contribution < -0.4 is 0 Å². The van der Waals surface area contributed by atoms with E-state index < -0.39 is 5.41 Å². The summed E-state index contributed by atoms with van der Waals surface area (Å²) in [6, 6.07) is 26.9. The fourth-order valence-corrected chi connectivity index (χ4v) is 5.09. The van der Waals surface area contributed by atoms with E-state index in [0.717, 1.165) is 27.8 Å². The van der Waals surface area contributed by atoms with Crippen molar-refractivity contribution in [3.8, 4) is 22.6 Å². The highest BCUT2D eigenvalue weighted by molar-refractivity contribution is 5.86. The topological polar surface area (TPSA) is 40.5 Å². The highest BCUT2D eigenvalue weighted by atomic mass is 16.3. The van der Waals surface area contributed by atoms with Crippen molar-refractivity contribution < 1.29 is 10.2 Å². The Morgan fingerprint density at radius 1 is 0.567 bits per heavy atom. The number of rotatable bonds is 2. The Bertz CT molecular complexity index is 1250. The third-order valence-corrected chi connectivity index (χ3v) is 6.74. The Kier molecular flexibility index (Phi) is 4.01. The molecule has 30 heavy (non-hydrogen) atoms. The first-order chi connectivity index (χ1) is 14.5. The highest BCUT2D eigenvalue weighted by Gasteiger charge is 2.46. The minimum atomic E-state index is -0.520. The molecule has 0 radical (unpaired) electrons. The molecule has 0 bridgehead atoms. The maximum Gasteiger partial charge on any atom is 0.118 e. The van der Waals surface area contributed by atoms with Crippen molar-refractivity contribution in [3.63, 3.8) is 0 Å². The van der Waals surface area contributed by atoms with E-state index in [1.165, 1.54) is 22.3 Å². The van der Waals surface area contributed by atoms with Crippen LogP contribution in [0.3, 0.4) is 0 Å². The first-order valence-electron chi connectivity index (χ1n) is 10.3. The third kappa shape index (κ3) is 2.31. The number of phenolic OH excluding ortho intramolecular Hbond substituents is 2. The van der Waals surface area contributed by atoms with E-state index in [0.29, 0.717) is 11.5 Å². The first kappa shape index (κ1) is 18.5. The van der Waals surface area contributed by atoms with Crippen LogP contribution in [0.15, 0.2) is 78.9 Å². The van der Waals surface area contributed by atoms with Crippen LogP contribution in [0.25, 0.3) is 11.1 Å². The van der Waals surface area contributed by atoms with E-state index in [4.69, 9.17) is 0 Å². The molecule has 148 valence electrons. The van der Waals surface area contributed by atoms with Gasteiger partial charge in [-0.15, -0.1) is 0 Å². The van der Waals surface area contributed by atoms with E-state index >= 15 is 0 Å². The zero-order valence-electron chi connectivity index (χ0n) is 17.4. The van der Waals surface area contributed by atoms with Crippen LogP contribution in [-0.2, 0) is 5.41 Å². The minimum absolute atomic E-state index is 0.298. The Morgan fingerprint density at radius 2 is 1.13 bits per heavy atom. The Balaban J connectivity index is 2.00. The lowest BCUT2D eigenvalue weighted by Gasteiger charge is -2.36. The summed E-state index contributed by atoms with van der Waals surface area (Å²) in [5, 5.41) is 20.6. The molecule has 0 aliphatic heterocycles. The smallest absolute Gasteiger partial charge is 0.118 e. The van der Waals surface area contributed by atoms with Gasteiger partial charge < -0.3 is 10.2 Å². The molecule has 0 amide bonds. The molecule has 0 aromatic heterocycles. The molecular formula is C28H24O2. The van der Waals surface area contributed by atoms with Crippen molar-refractivity contribution in [1.82, 2.24) is 0 Å². The quantitative estimate of drug-likeness (QED) is 0.366. The highest BCUT2D eigenvalue weighted by Crippen LogP contribution is 2.57. The zero-order valence-corrected chi connectivity index (χ0v) is 17.4. The van der Waals surface area contributed by atoms with E-state index in [2.05, 4.69) is 67.6 Å². The van der Waals surface area contributed by atoms with Crippen LogP contribution in [0.5, 0.6) is 11.5 Å². The number of phenols is 2. The second kappa shape index (κ2) is 6.50. The molecular weight excluding hydrogens is 368 g/mol. The van der Waals surface area contributed by atoms with Gasteiger partial charge in [0.1, 0.15) is 11.5 Å². The molecule has 2 heteroatoms. The predicted molar refractivity (Wildman–Crippen MR) is 121 cm³/mol. The molecule has 1 aliphatic carbocycles. The fourth-order valence-electron chi connectivity index (χ4n) is 5.09. The van der Waals surface area contributed by atoms with Gasteiger partial charge in [0, 0.05) is 0 Å². The molecule has 5 rings (SSSR count). The number of benzene rings is 4. The van der Waals surface area contributed by atoms with Crippen molar-refractivity contribution in [2.45, 2.75) is 26.2 Å². The van der Waals surface area contributed by atoms with Crippen molar-refractivity contribution in [2.75, 3.05) is 0 Å². The van der Waals surface area contributed by atoms with E-state index in [9.17, 15) is 10.2 Å². The molecule has 0 atom stereocenters. The minimum Gasteiger partial charge on any atom is -0.508 e. The van der Waals surface area contributed by atoms with E-state index in [-0.39, 0.29) is 0 Å². The van der Waals surface area contributed by atoms with Gasteiger partial charge in [0.25, 0.3) is 0 Å². The van der Waals surface area contributed by atoms with Gasteiger partial charge in [-0.3, -0.25) is 0 Å². The zero-order chi connectivity index (χ0) is 21.0. The summed E-state index contributed by atoms with van der Waals surface area (Å²) in [7, 11) is 0. The average Bonchev–Trinajstić information content (AvgIpc) is 3.06. The van der Waals surface area contributed by atoms with E-state index in [1.807, 2.05) is 19.9 Å². The summed E-state index contributed by atoms with van der Waals surface area (Å²) in [6.07, 6.45) is 0. The third-order valence-electron chi connectivity index (χ3n) is 6.74. The van der Waals surface area contributed by atoms with Crippen molar-refractivity contribution in [1.29, 1.82) is 0 Å². The molecule has 2 nitrogen and oxygen atoms in total. The molecule has 0 heterocycles. The van der Waals surface area contributed by atoms with Gasteiger partial charge in [0.15, 0.2) is 0 Å². The normalized spacial score (nSPS) is 13.7. The van der Waals surface area contributed by atoms with Gasteiger partial charge in [0.05, 0.1) is 5.41 Å². The molecule has 2 N–H and O–H groups in total. The summed E-state index contributed by atoms with van der Waals surface area (Å²) >= 11 is 0. The summed E-state index contributed by atoms with van der Waals surface area (Å²) in [6.45, 7) is 5.99. The number of hydrogen-bond acceptors (Lipinski definition) is 2. The maximum atomic E-state index is 10.4. The summed E-state index contributed by atoms with van der Waals surface area (Å²) < 4.78 is 0. The molecule has 0 fully saturated rings. The second-order valence-electron chi connectivity index (χ2n) is 8.22. The standard InChI is InChI=1S/C28H24O2/c1-17-16-20(12-14-26(17)29)28(23-13-15-27(30)19(3)18(23)2)24-10-6-4-8-21(24)22-9-5-7-11-25(22)28/h4-16,29-30H,1-3H3. The van der Waals surface area contributed by atoms with Gasteiger partial charge in [-0.05, 0) is 83.0 Å². The van der Waals surface area contributed by atoms with Crippen molar-refractivity contribution in [3.05, 3.63) is 118 Å². The lowest BCUT2D eigenvalue weighted by Crippen LogP contribution is -2.30. The Hall–Kier alpha value is -3.52. The van der Waals surface area contributed by atoms with Gasteiger partial charge in [-0.1, -0.05) is 66.7 Å². The Morgan fingerprint density at radius 3 is 1.73 bits per heavy atom. The predicted octanol–water partition coefficient (Wildman–Crippen LogP) is 6.39. The molecule has 4 aromatic rings. The molecule has 1 aliphatic rings. The molecule has 0 spiro atoms. The van der Waals surface area contributed by atoms with Gasteiger partial charge in [0.2, 0.25) is 0 Å². The van der Waals surface area contributed by atoms with Gasteiger partial charge in [-0.25, -0.2) is 0 Å². The van der Waals surface area contributed by atoms with Gasteiger partial charge >= 0.3 is 0 Å². The SMILES string of the molecule is Cc1cc(C2(c3ccc(O)c(C)c3C)c3ccccc3-c3ccccc32)ccc1O. The maximum absolute atomic E-state index is 10.4. The molecule has 0 saturated carbocycles. The van der Waals surface area contributed by atoms with Crippen molar-refractivity contribution >= 4 is 0 Å². The summed E-state index contributed by atoms with van der Waals surface area (Å²) in [5.74, 6) is 0.611. The van der Waals surface area contributed by atoms with Crippen LogP contribution in [0.4, 0.5) is 0 Å². The lowest BCUT2D eigenvalue weighted by molar-refractivity contribution is 0.469. The van der Waals surface area contributed by atoms with Crippen molar-refractivity contribution in [2.24, 2.45) is 0 Å². The van der Waals surface area contributed by atoms with Crippen LogP contribution in [0.1, 0.15) is 38.9 Å². The molecule has 0 saturated heterocycles. The monoisotopic (exact) mass is 392 g/mol. The van der Waals surface area contributed by atoms with Crippen LogP contribution in [0, 0.1) is 20.8 Å².